The Balaban J connectivity index is 2.03. The van der Waals surface area contributed by atoms with Crippen LogP contribution in [-0.2, 0) is 9.59 Å². The average molecular weight is 334 g/mol. The van der Waals surface area contributed by atoms with E-state index in [9.17, 15) is 14.4 Å². The first-order chi connectivity index (χ1) is 11.9. The zero-order valence-corrected chi connectivity index (χ0v) is 14.3. The summed E-state index contributed by atoms with van der Waals surface area (Å²) in [5, 5.41) is 2.24. The van der Waals surface area contributed by atoms with Gasteiger partial charge in [0, 0.05) is 0 Å². The van der Waals surface area contributed by atoms with Crippen LogP contribution < -0.4 is 10.2 Å². The van der Waals surface area contributed by atoms with Gasteiger partial charge in [0.2, 0.25) is 0 Å². The van der Waals surface area contributed by atoms with Gasteiger partial charge in [-0.25, -0.2) is 9.69 Å². The second-order valence-corrected chi connectivity index (χ2v) is 6.14. The SMILES string of the molecule is Cc1cccc(/C=C2/C(=O)NC(=O)N(c3ccc(C)c(C)c3)C2=O)c1. The molecular formula is C20H18N2O3. The molecule has 1 N–H and O–H groups in total. The third-order valence-electron chi connectivity index (χ3n) is 4.20. The maximum Gasteiger partial charge on any atom is 0.335 e. The van der Waals surface area contributed by atoms with Crippen LogP contribution in [0.4, 0.5) is 10.5 Å². The number of benzene rings is 2. The summed E-state index contributed by atoms with van der Waals surface area (Å²) in [5.41, 5.74) is 4.13. The van der Waals surface area contributed by atoms with Gasteiger partial charge in [-0.15, -0.1) is 0 Å². The normalized spacial score (nSPS) is 16.4. The number of carbonyl (C=O) groups excluding carboxylic acids is 3. The van der Waals surface area contributed by atoms with Crippen molar-refractivity contribution in [3.8, 4) is 0 Å². The van der Waals surface area contributed by atoms with Crippen molar-refractivity contribution in [2.75, 3.05) is 4.90 Å². The lowest BCUT2D eigenvalue weighted by Crippen LogP contribution is -2.54. The number of aryl methyl sites for hydroxylation is 3. The van der Waals surface area contributed by atoms with Gasteiger partial charge in [0.05, 0.1) is 5.69 Å². The van der Waals surface area contributed by atoms with Crippen molar-refractivity contribution in [3.05, 3.63) is 70.3 Å². The van der Waals surface area contributed by atoms with E-state index in [1.54, 1.807) is 18.2 Å². The monoisotopic (exact) mass is 334 g/mol. The Bertz CT molecular complexity index is 928. The molecule has 1 aliphatic rings. The van der Waals surface area contributed by atoms with Crippen LogP contribution in [0.2, 0.25) is 0 Å². The Kier molecular flexibility index (Phi) is 4.23. The van der Waals surface area contributed by atoms with E-state index < -0.39 is 17.8 Å². The molecule has 0 spiro atoms. The Labute approximate surface area is 146 Å². The van der Waals surface area contributed by atoms with Crippen LogP contribution in [0.15, 0.2) is 48.0 Å². The molecule has 0 saturated carbocycles. The average Bonchev–Trinajstić information content (AvgIpc) is 2.55. The third-order valence-corrected chi connectivity index (χ3v) is 4.20. The fourth-order valence-electron chi connectivity index (χ4n) is 2.68. The van der Waals surface area contributed by atoms with Crippen LogP contribution >= 0.6 is 0 Å². The van der Waals surface area contributed by atoms with Crippen molar-refractivity contribution >= 4 is 29.6 Å². The van der Waals surface area contributed by atoms with Gasteiger partial charge in [-0.05, 0) is 55.7 Å². The van der Waals surface area contributed by atoms with Gasteiger partial charge in [-0.1, -0.05) is 35.9 Å². The second-order valence-electron chi connectivity index (χ2n) is 6.14. The number of imide groups is 2. The molecule has 3 rings (SSSR count). The highest BCUT2D eigenvalue weighted by Gasteiger charge is 2.36. The maximum atomic E-state index is 12.8. The van der Waals surface area contributed by atoms with E-state index in [1.165, 1.54) is 6.08 Å². The zero-order chi connectivity index (χ0) is 18.1. The molecule has 2 aromatic rings. The molecule has 4 amide bonds. The minimum Gasteiger partial charge on any atom is -0.273 e. The topological polar surface area (TPSA) is 66.5 Å². The van der Waals surface area contributed by atoms with Gasteiger partial charge in [0.25, 0.3) is 11.8 Å². The summed E-state index contributed by atoms with van der Waals surface area (Å²) >= 11 is 0. The van der Waals surface area contributed by atoms with Crippen molar-refractivity contribution < 1.29 is 14.4 Å². The Morgan fingerprint density at radius 2 is 1.68 bits per heavy atom. The van der Waals surface area contributed by atoms with E-state index in [-0.39, 0.29) is 5.57 Å². The number of nitrogens with one attached hydrogen (secondary N) is 1. The molecule has 1 saturated heterocycles. The molecule has 25 heavy (non-hydrogen) atoms. The summed E-state index contributed by atoms with van der Waals surface area (Å²) in [6.45, 7) is 5.78. The van der Waals surface area contributed by atoms with E-state index in [2.05, 4.69) is 5.32 Å². The minimum atomic E-state index is -0.736. The van der Waals surface area contributed by atoms with Crippen LogP contribution in [0.25, 0.3) is 6.08 Å². The molecule has 126 valence electrons. The number of amides is 4. The minimum absolute atomic E-state index is 0.0663. The molecule has 0 radical (unpaired) electrons. The Morgan fingerprint density at radius 3 is 2.36 bits per heavy atom. The lowest BCUT2D eigenvalue weighted by Gasteiger charge is -2.26. The van der Waals surface area contributed by atoms with Gasteiger partial charge < -0.3 is 0 Å². The van der Waals surface area contributed by atoms with Crippen molar-refractivity contribution in [1.82, 2.24) is 5.32 Å². The van der Waals surface area contributed by atoms with Crippen LogP contribution in [0.5, 0.6) is 0 Å². The van der Waals surface area contributed by atoms with Crippen molar-refractivity contribution in [2.45, 2.75) is 20.8 Å². The lowest BCUT2D eigenvalue weighted by atomic mass is 10.0. The lowest BCUT2D eigenvalue weighted by molar-refractivity contribution is -0.122. The van der Waals surface area contributed by atoms with Crippen molar-refractivity contribution in [2.24, 2.45) is 0 Å². The van der Waals surface area contributed by atoms with Gasteiger partial charge in [-0.3, -0.25) is 14.9 Å². The number of hydrogen-bond acceptors (Lipinski definition) is 3. The Hall–Kier alpha value is -3.21. The van der Waals surface area contributed by atoms with E-state index in [0.717, 1.165) is 27.2 Å². The molecule has 0 unspecified atom stereocenters. The standard InChI is InChI=1S/C20H18N2O3/c1-12-5-4-6-15(9-12)11-17-18(23)21-20(25)22(19(17)24)16-8-7-13(2)14(3)10-16/h4-11H,1-3H3,(H,21,23,25)/b17-11-. The predicted octanol–water partition coefficient (Wildman–Crippen LogP) is 3.28. The molecule has 0 atom stereocenters. The van der Waals surface area contributed by atoms with Crippen LogP contribution in [0.1, 0.15) is 22.3 Å². The largest absolute Gasteiger partial charge is 0.335 e. The van der Waals surface area contributed by atoms with E-state index >= 15 is 0 Å². The number of barbiturate groups is 1. The molecular weight excluding hydrogens is 316 g/mol. The number of hydrogen-bond donors (Lipinski definition) is 1. The van der Waals surface area contributed by atoms with E-state index in [0.29, 0.717) is 5.69 Å². The molecule has 0 aliphatic carbocycles. The first kappa shape index (κ1) is 16.6. The van der Waals surface area contributed by atoms with E-state index in [1.807, 2.05) is 45.0 Å². The molecule has 0 bridgehead atoms. The van der Waals surface area contributed by atoms with Crippen LogP contribution in [-0.4, -0.2) is 17.8 Å². The maximum absolute atomic E-state index is 12.8. The molecule has 1 heterocycles. The summed E-state index contributed by atoms with van der Waals surface area (Å²) < 4.78 is 0. The van der Waals surface area contributed by atoms with E-state index in [4.69, 9.17) is 0 Å². The fourth-order valence-corrected chi connectivity index (χ4v) is 2.68. The summed E-state index contributed by atoms with van der Waals surface area (Å²) in [6.07, 6.45) is 1.51. The number of rotatable bonds is 2. The van der Waals surface area contributed by atoms with Crippen LogP contribution in [0, 0.1) is 20.8 Å². The molecule has 2 aromatic carbocycles. The highest BCUT2D eigenvalue weighted by molar-refractivity contribution is 6.39. The highest BCUT2D eigenvalue weighted by atomic mass is 16.2. The van der Waals surface area contributed by atoms with Gasteiger partial charge >= 0.3 is 6.03 Å². The van der Waals surface area contributed by atoms with Gasteiger partial charge in [0.15, 0.2) is 0 Å². The van der Waals surface area contributed by atoms with Crippen molar-refractivity contribution in [3.63, 3.8) is 0 Å². The third kappa shape index (κ3) is 3.21. The number of urea groups is 1. The number of nitrogens with zero attached hydrogens (tertiary/aromatic N) is 1. The van der Waals surface area contributed by atoms with Crippen molar-refractivity contribution in [1.29, 1.82) is 0 Å². The molecule has 0 aromatic heterocycles. The fraction of sp³-hybridized carbons (Fsp3) is 0.150. The quantitative estimate of drug-likeness (QED) is 0.677. The number of anilines is 1. The molecule has 1 aliphatic heterocycles. The zero-order valence-electron chi connectivity index (χ0n) is 14.3. The summed E-state index contributed by atoms with van der Waals surface area (Å²) in [7, 11) is 0. The van der Waals surface area contributed by atoms with Gasteiger partial charge in [0.1, 0.15) is 5.57 Å². The highest BCUT2D eigenvalue weighted by Crippen LogP contribution is 2.24. The summed E-state index contributed by atoms with van der Waals surface area (Å²) in [6, 6.07) is 12.0. The van der Waals surface area contributed by atoms with Crippen LogP contribution in [0.3, 0.4) is 0 Å². The molecule has 5 nitrogen and oxygen atoms in total. The Morgan fingerprint density at radius 1 is 0.920 bits per heavy atom. The smallest absolute Gasteiger partial charge is 0.273 e. The predicted molar refractivity (Wildman–Crippen MR) is 96.1 cm³/mol. The molecule has 5 heteroatoms. The summed E-state index contributed by atoms with van der Waals surface area (Å²) in [5.74, 6) is -1.31. The van der Waals surface area contributed by atoms with Gasteiger partial charge in [-0.2, -0.15) is 0 Å². The summed E-state index contributed by atoms with van der Waals surface area (Å²) in [4.78, 5) is 38.2. The first-order valence-electron chi connectivity index (χ1n) is 7.92. The second kappa shape index (κ2) is 6.36. The number of carbonyl (C=O) groups is 3. The first-order valence-corrected chi connectivity index (χ1v) is 7.92. The molecule has 1 fully saturated rings.